The highest BCUT2D eigenvalue weighted by atomic mass is 32.1. The van der Waals surface area contributed by atoms with Gasteiger partial charge < -0.3 is 18.9 Å². The summed E-state index contributed by atoms with van der Waals surface area (Å²) in [4.78, 5) is 4.90. The number of thiazole rings is 1. The van der Waals surface area contributed by atoms with E-state index in [1.807, 2.05) is 5.38 Å². The van der Waals surface area contributed by atoms with E-state index in [-0.39, 0.29) is 5.75 Å². The fourth-order valence-electron chi connectivity index (χ4n) is 2.84. The van der Waals surface area contributed by atoms with Crippen LogP contribution in [0.15, 0.2) is 51.9 Å². The van der Waals surface area contributed by atoms with Gasteiger partial charge in [0.15, 0.2) is 0 Å². The van der Waals surface area contributed by atoms with Crippen LogP contribution >= 0.6 is 11.3 Å². The minimum Gasteiger partial charge on any atom is -0.496 e. The standard InChI is InChI=1S/C21H21F2N3O4S/c1-24-21-26(17(12-31-21)13-5-7-14(8-6-13)30-20(22)23)25-11-16-18(28-3)9-15(27-2)10-19(16)29-4/h5-12,20H,1-4H3. The van der Waals surface area contributed by atoms with Gasteiger partial charge in [0.2, 0.25) is 4.80 Å². The minimum absolute atomic E-state index is 0.0807. The van der Waals surface area contributed by atoms with Crippen molar-refractivity contribution in [3.63, 3.8) is 0 Å². The van der Waals surface area contributed by atoms with Crippen molar-refractivity contribution in [1.29, 1.82) is 0 Å². The van der Waals surface area contributed by atoms with Gasteiger partial charge in [0, 0.05) is 30.1 Å². The predicted molar refractivity (Wildman–Crippen MR) is 115 cm³/mol. The molecule has 1 aromatic heterocycles. The number of methoxy groups -OCH3 is 3. The van der Waals surface area contributed by atoms with Gasteiger partial charge >= 0.3 is 6.61 Å². The molecule has 10 heteroatoms. The Bertz CT molecular complexity index is 1100. The summed E-state index contributed by atoms with van der Waals surface area (Å²) in [6.07, 6.45) is 1.61. The SMILES string of the molecule is CN=c1scc(-c2ccc(OC(F)F)cc2)n1N=Cc1c(OC)cc(OC)cc1OC. The van der Waals surface area contributed by atoms with Crippen molar-refractivity contribution < 1.29 is 27.7 Å². The second-order valence-corrected chi connectivity index (χ2v) is 6.87. The molecule has 0 fully saturated rings. The molecule has 0 aliphatic heterocycles. The third-order valence-electron chi connectivity index (χ3n) is 4.31. The summed E-state index contributed by atoms with van der Waals surface area (Å²) >= 11 is 1.40. The third-order valence-corrected chi connectivity index (χ3v) is 5.21. The maximum atomic E-state index is 12.4. The lowest BCUT2D eigenvalue weighted by atomic mass is 10.1. The van der Waals surface area contributed by atoms with Crippen LogP contribution in [0.1, 0.15) is 5.56 Å². The first kappa shape index (κ1) is 22.3. The first-order chi connectivity index (χ1) is 15.0. The Labute approximate surface area is 181 Å². The van der Waals surface area contributed by atoms with Crippen LogP contribution in [-0.4, -0.2) is 45.9 Å². The van der Waals surface area contributed by atoms with Crippen molar-refractivity contribution in [2.24, 2.45) is 10.1 Å². The highest BCUT2D eigenvalue weighted by Crippen LogP contribution is 2.33. The molecule has 0 unspecified atom stereocenters. The van der Waals surface area contributed by atoms with Gasteiger partial charge in [-0.1, -0.05) is 0 Å². The zero-order chi connectivity index (χ0) is 22.4. The normalized spacial score (nSPS) is 11.9. The van der Waals surface area contributed by atoms with Gasteiger partial charge in [-0.2, -0.15) is 13.9 Å². The van der Waals surface area contributed by atoms with Crippen molar-refractivity contribution in [3.05, 3.63) is 52.1 Å². The summed E-state index contributed by atoms with van der Waals surface area (Å²) in [6.45, 7) is -2.87. The average molecular weight is 449 g/mol. The van der Waals surface area contributed by atoms with Crippen LogP contribution in [0.25, 0.3) is 11.3 Å². The largest absolute Gasteiger partial charge is 0.496 e. The van der Waals surface area contributed by atoms with Crippen LogP contribution in [0, 0.1) is 0 Å². The fourth-order valence-corrected chi connectivity index (χ4v) is 3.65. The third kappa shape index (κ3) is 5.02. The van der Waals surface area contributed by atoms with E-state index in [0.29, 0.717) is 27.6 Å². The van der Waals surface area contributed by atoms with Crippen molar-refractivity contribution in [2.75, 3.05) is 28.4 Å². The number of hydrogen-bond donors (Lipinski definition) is 0. The van der Waals surface area contributed by atoms with E-state index in [1.165, 1.54) is 23.5 Å². The van der Waals surface area contributed by atoms with Gasteiger partial charge in [-0.05, 0) is 24.3 Å². The molecule has 0 saturated heterocycles. The molecule has 0 amide bonds. The van der Waals surface area contributed by atoms with E-state index in [1.54, 1.807) is 63.5 Å². The summed E-state index contributed by atoms with van der Waals surface area (Å²) in [5.74, 6) is 1.73. The lowest BCUT2D eigenvalue weighted by Crippen LogP contribution is -2.12. The number of hydrogen-bond acceptors (Lipinski definition) is 7. The molecule has 0 aliphatic rings. The molecule has 0 N–H and O–H groups in total. The maximum absolute atomic E-state index is 12.4. The maximum Gasteiger partial charge on any atom is 0.387 e. The first-order valence-electron chi connectivity index (χ1n) is 9.03. The van der Waals surface area contributed by atoms with Crippen LogP contribution in [-0.2, 0) is 0 Å². The number of alkyl halides is 2. The second kappa shape index (κ2) is 10.1. The molecule has 7 nitrogen and oxygen atoms in total. The molecule has 1 heterocycles. The Kier molecular flexibility index (Phi) is 7.24. The van der Waals surface area contributed by atoms with Crippen LogP contribution < -0.4 is 23.7 Å². The molecule has 2 aromatic carbocycles. The van der Waals surface area contributed by atoms with E-state index in [0.717, 1.165) is 11.3 Å². The van der Waals surface area contributed by atoms with Crippen LogP contribution in [0.3, 0.4) is 0 Å². The fraction of sp³-hybridized carbons (Fsp3) is 0.238. The smallest absolute Gasteiger partial charge is 0.387 e. The molecule has 31 heavy (non-hydrogen) atoms. The van der Waals surface area contributed by atoms with Crippen LogP contribution in [0.5, 0.6) is 23.0 Å². The first-order valence-corrected chi connectivity index (χ1v) is 9.91. The Balaban J connectivity index is 2.04. The van der Waals surface area contributed by atoms with Gasteiger partial charge in [-0.3, -0.25) is 4.99 Å². The number of aromatic nitrogens is 1. The molecule has 0 saturated carbocycles. The number of halogens is 2. The molecule has 0 spiro atoms. The summed E-state index contributed by atoms with van der Waals surface area (Å²) in [7, 11) is 6.31. The van der Waals surface area contributed by atoms with Crippen LogP contribution in [0.2, 0.25) is 0 Å². The number of ether oxygens (including phenoxy) is 4. The molecular weight excluding hydrogens is 428 g/mol. The Morgan fingerprint density at radius 2 is 1.61 bits per heavy atom. The quantitative estimate of drug-likeness (QED) is 0.482. The van der Waals surface area contributed by atoms with E-state index in [2.05, 4.69) is 14.8 Å². The average Bonchev–Trinajstić information content (AvgIpc) is 3.19. The van der Waals surface area contributed by atoms with E-state index in [9.17, 15) is 8.78 Å². The highest BCUT2D eigenvalue weighted by Gasteiger charge is 2.13. The summed E-state index contributed by atoms with van der Waals surface area (Å²) in [5, 5.41) is 6.46. The topological polar surface area (TPSA) is 66.6 Å². The molecule has 164 valence electrons. The van der Waals surface area contributed by atoms with Crippen molar-refractivity contribution >= 4 is 17.6 Å². The molecule has 3 rings (SSSR count). The van der Waals surface area contributed by atoms with Gasteiger partial charge in [-0.25, -0.2) is 4.68 Å². The van der Waals surface area contributed by atoms with Crippen molar-refractivity contribution in [3.8, 4) is 34.3 Å². The monoisotopic (exact) mass is 449 g/mol. The lowest BCUT2D eigenvalue weighted by molar-refractivity contribution is -0.0498. The molecule has 0 bridgehead atoms. The van der Waals surface area contributed by atoms with Crippen molar-refractivity contribution in [1.82, 2.24) is 4.68 Å². The van der Waals surface area contributed by atoms with E-state index in [4.69, 9.17) is 14.2 Å². The molecular formula is C21H21F2N3O4S. The number of nitrogens with zero attached hydrogens (tertiary/aromatic N) is 3. The second-order valence-electron chi connectivity index (χ2n) is 6.03. The summed E-state index contributed by atoms with van der Waals surface area (Å²) in [5.41, 5.74) is 2.12. The number of rotatable bonds is 8. The van der Waals surface area contributed by atoms with Gasteiger partial charge in [-0.15, -0.1) is 11.3 Å². The summed E-state index contributed by atoms with van der Waals surface area (Å²) in [6, 6.07) is 9.78. The molecule has 0 radical (unpaired) electrons. The van der Waals surface area contributed by atoms with E-state index >= 15 is 0 Å². The van der Waals surface area contributed by atoms with Crippen molar-refractivity contribution in [2.45, 2.75) is 6.61 Å². The molecule has 0 aliphatic carbocycles. The summed E-state index contributed by atoms with van der Waals surface area (Å²) < 4.78 is 47.1. The molecule has 3 aromatic rings. The lowest BCUT2D eigenvalue weighted by Gasteiger charge is -2.12. The van der Waals surface area contributed by atoms with Gasteiger partial charge in [0.1, 0.15) is 23.0 Å². The van der Waals surface area contributed by atoms with E-state index < -0.39 is 6.61 Å². The van der Waals surface area contributed by atoms with Crippen LogP contribution in [0.4, 0.5) is 8.78 Å². The molecule has 0 atom stereocenters. The highest BCUT2D eigenvalue weighted by molar-refractivity contribution is 7.07. The Morgan fingerprint density at radius 3 is 2.13 bits per heavy atom. The predicted octanol–water partition coefficient (Wildman–Crippen LogP) is 4.26. The number of benzene rings is 2. The minimum atomic E-state index is -2.87. The Hall–Kier alpha value is -3.40. The van der Waals surface area contributed by atoms with Gasteiger partial charge in [0.25, 0.3) is 0 Å². The Morgan fingerprint density at radius 1 is 0.968 bits per heavy atom. The van der Waals surface area contributed by atoms with Gasteiger partial charge in [0.05, 0.1) is 38.8 Å². The zero-order valence-corrected chi connectivity index (χ0v) is 18.2. The zero-order valence-electron chi connectivity index (χ0n) is 17.3.